The number of hydrogen-bond donors (Lipinski definition) is 1. The third kappa shape index (κ3) is 5.51. The Bertz CT molecular complexity index is 397. The molecule has 0 unspecified atom stereocenters. The van der Waals surface area contributed by atoms with Crippen LogP contribution in [0.1, 0.15) is 33.6 Å². The van der Waals surface area contributed by atoms with Crippen LogP contribution in [0.15, 0.2) is 36.7 Å². The highest BCUT2D eigenvalue weighted by Gasteiger charge is 2.28. The van der Waals surface area contributed by atoms with E-state index in [9.17, 15) is 4.79 Å². The van der Waals surface area contributed by atoms with Crippen LogP contribution in [0.25, 0.3) is 0 Å². The van der Waals surface area contributed by atoms with Crippen molar-refractivity contribution in [2.45, 2.75) is 39.7 Å². The van der Waals surface area contributed by atoms with Crippen molar-refractivity contribution in [1.29, 1.82) is 0 Å². The molecule has 2 N–H and O–H groups in total. The largest absolute Gasteiger partial charge is 0.462 e. The summed E-state index contributed by atoms with van der Waals surface area (Å²) >= 11 is 0. The fourth-order valence-electron chi connectivity index (χ4n) is 1.88. The van der Waals surface area contributed by atoms with Crippen molar-refractivity contribution < 1.29 is 9.53 Å². The molecule has 0 bridgehead atoms. The normalized spacial score (nSPS) is 18.4. The molecular weight excluding hydrogens is 252 g/mol. The predicted molar refractivity (Wildman–Crippen MR) is 81.7 cm³/mol. The van der Waals surface area contributed by atoms with Crippen molar-refractivity contribution in [3.63, 3.8) is 0 Å². The van der Waals surface area contributed by atoms with E-state index in [1.807, 2.05) is 39.1 Å². The zero-order valence-corrected chi connectivity index (χ0v) is 12.8. The van der Waals surface area contributed by atoms with Crippen molar-refractivity contribution in [1.82, 2.24) is 4.90 Å². The first-order valence-electron chi connectivity index (χ1n) is 7.04. The van der Waals surface area contributed by atoms with Crippen LogP contribution >= 0.6 is 0 Å². The molecule has 0 radical (unpaired) electrons. The van der Waals surface area contributed by atoms with Crippen LogP contribution in [0.4, 0.5) is 0 Å². The number of ether oxygens (including phenoxy) is 1. The molecule has 20 heavy (non-hydrogen) atoms. The van der Waals surface area contributed by atoms with Crippen molar-refractivity contribution in [3.05, 3.63) is 36.7 Å². The second kappa shape index (κ2) is 7.17. The molecule has 0 aromatic rings. The van der Waals surface area contributed by atoms with Crippen molar-refractivity contribution >= 4 is 5.97 Å². The Labute approximate surface area is 122 Å². The lowest BCUT2D eigenvalue weighted by molar-refractivity contribution is -0.160. The molecule has 1 aliphatic heterocycles. The molecule has 1 aliphatic rings. The third-order valence-electron chi connectivity index (χ3n) is 3.12. The van der Waals surface area contributed by atoms with Gasteiger partial charge >= 0.3 is 5.97 Å². The standard InChI is InChI=1S/C16H26N2O2/c1-5-6-7-13(17)12-18-10-8-14(9-11-18)20-15(19)16(2,3)4/h5-7,12,14H,1,8-11,17H2,2-4H3/b7-6-,13-12-. The topological polar surface area (TPSA) is 55.6 Å². The smallest absolute Gasteiger partial charge is 0.311 e. The number of nitrogens with two attached hydrogens (primary N) is 1. The summed E-state index contributed by atoms with van der Waals surface area (Å²) in [7, 11) is 0. The summed E-state index contributed by atoms with van der Waals surface area (Å²) in [5.41, 5.74) is 6.13. The Morgan fingerprint density at radius 3 is 2.45 bits per heavy atom. The van der Waals surface area contributed by atoms with Crippen LogP contribution in [0.3, 0.4) is 0 Å². The Morgan fingerprint density at radius 2 is 1.95 bits per heavy atom. The monoisotopic (exact) mass is 278 g/mol. The van der Waals surface area contributed by atoms with E-state index in [1.165, 1.54) is 0 Å². The lowest BCUT2D eigenvalue weighted by atomic mass is 9.97. The van der Waals surface area contributed by atoms with Crippen LogP contribution in [-0.2, 0) is 9.53 Å². The Morgan fingerprint density at radius 1 is 1.35 bits per heavy atom. The number of carbonyl (C=O) groups excluding carboxylic acids is 1. The van der Waals surface area contributed by atoms with Gasteiger partial charge in [-0.25, -0.2) is 0 Å². The first kappa shape index (κ1) is 16.3. The van der Waals surface area contributed by atoms with Crippen LogP contribution in [0.2, 0.25) is 0 Å². The molecule has 0 spiro atoms. The van der Waals surface area contributed by atoms with Crippen LogP contribution in [0, 0.1) is 5.41 Å². The molecule has 1 heterocycles. The van der Waals surface area contributed by atoms with Gasteiger partial charge in [-0.05, 0) is 26.8 Å². The van der Waals surface area contributed by atoms with E-state index >= 15 is 0 Å². The molecule has 0 aliphatic carbocycles. The molecule has 0 atom stereocenters. The molecule has 4 heteroatoms. The van der Waals surface area contributed by atoms with Gasteiger partial charge in [0.2, 0.25) is 0 Å². The number of nitrogens with zero attached hydrogens (tertiary/aromatic N) is 1. The van der Waals surface area contributed by atoms with E-state index in [4.69, 9.17) is 10.5 Å². The molecule has 0 amide bonds. The summed E-state index contributed by atoms with van der Waals surface area (Å²) < 4.78 is 5.53. The maximum Gasteiger partial charge on any atom is 0.311 e. The van der Waals surface area contributed by atoms with Gasteiger partial charge in [0.25, 0.3) is 0 Å². The minimum atomic E-state index is -0.434. The zero-order valence-electron chi connectivity index (χ0n) is 12.8. The SMILES string of the molecule is C=C/C=C\C(N)=C\N1CCC(OC(=O)C(C)(C)C)CC1. The number of carbonyl (C=O) groups is 1. The molecule has 1 rings (SSSR count). The number of allylic oxidation sites excluding steroid dienone is 3. The fraction of sp³-hybridized carbons (Fsp3) is 0.562. The lowest BCUT2D eigenvalue weighted by Gasteiger charge is -2.32. The maximum absolute atomic E-state index is 11.8. The van der Waals surface area contributed by atoms with Gasteiger partial charge in [0.15, 0.2) is 0 Å². The molecule has 0 saturated carbocycles. The molecule has 4 nitrogen and oxygen atoms in total. The van der Waals surface area contributed by atoms with Gasteiger partial charge in [0.05, 0.1) is 5.41 Å². The lowest BCUT2D eigenvalue weighted by Crippen LogP contribution is -2.37. The second-order valence-corrected chi connectivity index (χ2v) is 6.11. The number of likely N-dealkylation sites (tertiary alicyclic amines) is 1. The highest BCUT2D eigenvalue weighted by atomic mass is 16.5. The Kier molecular flexibility index (Phi) is 5.86. The Balaban J connectivity index is 2.42. The van der Waals surface area contributed by atoms with Gasteiger partial charge in [-0.2, -0.15) is 0 Å². The number of esters is 1. The number of hydrogen-bond acceptors (Lipinski definition) is 4. The Hall–Kier alpha value is -1.71. The predicted octanol–water partition coefficient (Wildman–Crippen LogP) is 2.58. The van der Waals surface area contributed by atoms with Crippen LogP contribution < -0.4 is 5.73 Å². The zero-order chi connectivity index (χ0) is 15.2. The van der Waals surface area contributed by atoms with E-state index in [2.05, 4.69) is 11.5 Å². The van der Waals surface area contributed by atoms with Gasteiger partial charge in [0, 0.05) is 37.8 Å². The van der Waals surface area contributed by atoms with E-state index in [-0.39, 0.29) is 12.1 Å². The van der Waals surface area contributed by atoms with E-state index in [0.29, 0.717) is 5.70 Å². The summed E-state index contributed by atoms with van der Waals surface area (Å²) in [5.74, 6) is -0.125. The molecule has 1 fully saturated rings. The van der Waals surface area contributed by atoms with Gasteiger partial charge in [-0.15, -0.1) is 0 Å². The maximum atomic E-state index is 11.8. The number of piperidine rings is 1. The molecular formula is C16H26N2O2. The molecule has 1 saturated heterocycles. The quantitative estimate of drug-likeness (QED) is 0.634. The van der Waals surface area contributed by atoms with Crippen molar-refractivity contribution in [2.75, 3.05) is 13.1 Å². The third-order valence-corrected chi connectivity index (χ3v) is 3.12. The minimum Gasteiger partial charge on any atom is -0.462 e. The van der Waals surface area contributed by atoms with Crippen LogP contribution in [0.5, 0.6) is 0 Å². The summed E-state index contributed by atoms with van der Waals surface area (Å²) in [6, 6.07) is 0. The van der Waals surface area contributed by atoms with Gasteiger partial charge in [-0.3, -0.25) is 4.79 Å². The molecule has 0 aromatic heterocycles. The van der Waals surface area contributed by atoms with Crippen LogP contribution in [-0.4, -0.2) is 30.1 Å². The second-order valence-electron chi connectivity index (χ2n) is 6.11. The average Bonchev–Trinajstić information content (AvgIpc) is 2.37. The highest BCUT2D eigenvalue weighted by molar-refractivity contribution is 5.75. The molecule has 0 aromatic carbocycles. The van der Waals surface area contributed by atoms with E-state index in [0.717, 1.165) is 25.9 Å². The summed E-state index contributed by atoms with van der Waals surface area (Å²) in [5, 5.41) is 0. The number of rotatable bonds is 4. The first-order chi connectivity index (χ1) is 9.32. The highest BCUT2D eigenvalue weighted by Crippen LogP contribution is 2.21. The summed E-state index contributed by atoms with van der Waals surface area (Å²) in [6.07, 6.45) is 8.97. The summed E-state index contributed by atoms with van der Waals surface area (Å²) in [6.45, 7) is 10.9. The van der Waals surface area contributed by atoms with Crippen molar-refractivity contribution in [3.8, 4) is 0 Å². The summed E-state index contributed by atoms with van der Waals surface area (Å²) in [4.78, 5) is 14.0. The van der Waals surface area contributed by atoms with Gasteiger partial charge < -0.3 is 15.4 Å². The van der Waals surface area contributed by atoms with Crippen molar-refractivity contribution in [2.24, 2.45) is 11.1 Å². The van der Waals surface area contributed by atoms with Gasteiger partial charge in [0.1, 0.15) is 6.10 Å². The van der Waals surface area contributed by atoms with Gasteiger partial charge in [-0.1, -0.05) is 18.7 Å². The minimum absolute atomic E-state index is 0.0244. The fourth-order valence-corrected chi connectivity index (χ4v) is 1.88. The van der Waals surface area contributed by atoms with E-state index in [1.54, 1.807) is 6.08 Å². The molecule has 112 valence electrons. The first-order valence-corrected chi connectivity index (χ1v) is 7.04. The van der Waals surface area contributed by atoms with E-state index < -0.39 is 5.41 Å². The average molecular weight is 278 g/mol.